The summed E-state index contributed by atoms with van der Waals surface area (Å²) in [5, 5.41) is 9.59. The quantitative estimate of drug-likeness (QED) is 0.562. The predicted molar refractivity (Wildman–Crippen MR) is 97.3 cm³/mol. The molecule has 0 aliphatic rings. The molecule has 0 amide bonds. The van der Waals surface area contributed by atoms with E-state index in [0.717, 1.165) is 5.56 Å². The van der Waals surface area contributed by atoms with Crippen molar-refractivity contribution in [1.29, 1.82) is 0 Å². The highest BCUT2D eigenvalue weighted by molar-refractivity contribution is 6.30. The summed E-state index contributed by atoms with van der Waals surface area (Å²) >= 11 is 5.89. The van der Waals surface area contributed by atoms with Gasteiger partial charge in [0.15, 0.2) is 0 Å². The molecule has 5 heteroatoms. The molecule has 1 N–H and O–H groups in total. The number of carboxylic acids is 1. The van der Waals surface area contributed by atoms with Gasteiger partial charge in [0.05, 0.1) is 12.3 Å². The van der Waals surface area contributed by atoms with Crippen molar-refractivity contribution in [3.63, 3.8) is 0 Å². The first-order valence-electron chi connectivity index (χ1n) is 7.83. The Bertz CT molecular complexity index is 759. The van der Waals surface area contributed by atoms with Crippen molar-refractivity contribution in [2.75, 3.05) is 13.2 Å². The monoisotopic (exact) mass is 358 g/mol. The van der Waals surface area contributed by atoms with Crippen LogP contribution in [0.15, 0.2) is 48.5 Å². The normalized spacial score (nSPS) is 11.1. The molecule has 0 unspecified atom stereocenters. The Balaban J connectivity index is 1.85. The van der Waals surface area contributed by atoms with E-state index in [1.165, 1.54) is 0 Å². The van der Waals surface area contributed by atoms with Crippen molar-refractivity contribution in [1.82, 2.24) is 0 Å². The van der Waals surface area contributed by atoms with Crippen LogP contribution in [-0.2, 0) is 4.79 Å². The van der Waals surface area contributed by atoms with Crippen LogP contribution in [0, 0.1) is 11.8 Å². The van der Waals surface area contributed by atoms with Gasteiger partial charge in [-0.2, -0.15) is 0 Å². The first-order valence-corrected chi connectivity index (χ1v) is 8.21. The minimum Gasteiger partial charge on any atom is -0.490 e. The van der Waals surface area contributed by atoms with Crippen molar-refractivity contribution in [2.45, 2.75) is 19.3 Å². The van der Waals surface area contributed by atoms with E-state index in [1.54, 1.807) is 31.2 Å². The molecule has 2 aromatic rings. The maximum atomic E-state index is 10.9. The first-order chi connectivity index (χ1) is 12.1. The van der Waals surface area contributed by atoms with Crippen LogP contribution in [0.1, 0.15) is 24.8 Å². The molecule has 130 valence electrons. The van der Waals surface area contributed by atoms with E-state index in [0.29, 0.717) is 29.7 Å². The van der Waals surface area contributed by atoms with Crippen LogP contribution in [0.4, 0.5) is 0 Å². The lowest BCUT2D eigenvalue weighted by atomic mass is 9.96. The molecule has 0 radical (unpaired) electrons. The summed E-state index contributed by atoms with van der Waals surface area (Å²) in [5.74, 6) is 5.90. The second-order valence-corrected chi connectivity index (χ2v) is 5.70. The molecule has 0 spiro atoms. The average Bonchev–Trinajstić information content (AvgIpc) is 2.59. The highest BCUT2D eigenvalue weighted by Crippen LogP contribution is 2.22. The Morgan fingerprint density at radius 1 is 1.12 bits per heavy atom. The van der Waals surface area contributed by atoms with E-state index >= 15 is 0 Å². The van der Waals surface area contributed by atoms with Gasteiger partial charge in [0, 0.05) is 5.02 Å². The summed E-state index contributed by atoms with van der Waals surface area (Å²) in [4.78, 5) is 10.9. The fourth-order valence-electron chi connectivity index (χ4n) is 2.27. The molecular weight excluding hydrogens is 340 g/mol. The number of aliphatic carboxylic acids is 1. The number of carbonyl (C=O) groups is 1. The number of hydrogen-bond donors (Lipinski definition) is 1. The fraction of sp³-hybridized carbons (Fsp3) is 0.250. The molecule has 0 fully saturated rings. The van der Waals surface area contributed by atoms with Crippen LogP contribution < -0.4 is 9.47 Å². The Morgan fingerprint density at radius 3 is 2.40 bits per heavy atom. The zero-order valence-electron chi connectivity index (χ0n) is 13.9. The lowest BCUT2D eigenvalue weighted by molar-refractivity contribution is -0.137. The van der Waals surface area contributed by atoms with E-state index in [1.807, 2.05) is 24.3 Å². The minimum absolute atomic E-state index is 0.0193. The summed E-state index contributed by atoms with van der Waals surface area (Å²) in [7, 11) is 0. The number of ether oxygens (including phenoxy) is 2. The Hall–Kier alpha value is -2.64. The van der Waals surface area contributed by atoms with Gasteiger partial charge in [0.2, 0.25) is 0 Å². The summed E-state index contributed by atoms with van der Waals surface area (Å²) in [5.41, 5.74) is 0.860. The van der Waals surface area contributed by atoms with Crippen molar-refractivity contribution < 1.29 is 19.4 Å². The van der Waals surface area contributed by atoms with Gasteiger partial charge >= 0.3 is 5.97 Å². The Labute approximate surface area is 152 Å². The van der Waals surface area contributed by atoms with Gasteiger partial charge in [0.25, 0.3) is 0 Å². The third-order valence-electron chi connectivity index (χ3n) is 3.40. The van der Waals surface area contributed by atoms with Crippen molar-refractivity contribution in [3.05, 3.63) is 59.1 Å². The maximum absolute atomic E-state index is 10.9. The topological polar surface area (TPSA) is 55.8 Å². The van der Waals surface area contributed by atoms with Gasteiger partial charge in [-0.3, -0.25) is 4.79 Å². The molecule has 2 aromatic carbocycles. The van der Waals surface area contributed by atoms with Gasteiger partial charge in [-0.25, -0.2) is 0 Å². The third-order valence-corrected chi connectivity index (χ3v) is 3.63. The smallest absolute Gasteiger partial charge is 0.304 e. The largest absolute Gasteiger partial charge is 0.490 e. The molecule has 0 bridgehead atoms. The lowest BCUT2D eigenvalue weighted by Gasteiger charge is -2.11. The molecule has 0 heterocycles. The molecule has 0 aliphatic heterocycles. The van der Waals surface area contributed by atoms with Crippen LogP contribution in [0.3, 0.4) is 0 Å². The maximum Gasteiger partial charge on any atom is 0.304 e. The van der Waals surface area contributed by atoms with Crippen molar-refractivity contribution in [2.24, 2.45) is 0 Å². The number of rotatable bonds is 8. The second-order valence-electron chi connectivity index (χ2n) is 5.27. The van der Waals surface area contributed by atoms with E-state index < -0.39 is 5.97 Å². The summed E-state index contributed by atoms with van der Waals surface area (Å²) in [6.07, 6.45) is -0.0193. The minimum atomic E-state index is -0.869. The number of hydrogen-bond acceptors (Lipinski definition) is 3. The predicted octanol–water partition coefficient (Wildman–Crippen LogP) is 4.38. The molecule has 0 aliphatic carbocycles. The van der Waals surface area contributed by atoms with E-state index in [9.17, 15) is 4.79 Å². The van der Waals surface area contributed by atoms with Crippen molar-refractivity contribution in [3.8, 4) is 23.3 Å². The van der Waals surface area contributed by atoms with Gasteiger partial charge < -0.3 is 14.6 Å². The highest BCUT2D eigenvalue weighted by Gasteiger charge is 2.13. The molecule has 25 heavy (non-hydrogen) atoms. The van der Waals surface area contributed by atoms with E-state index in [2.05, 4.69) is 11.8 Å². The Kier molecular flexibility index (Phi) is 7.18. The first kappa shape index (κ1) is 18.7. The fourth-order valence-corrected chi connectivity index (χ4v) is 2.45. The Morgan fingerprint density at radius 2 is 1.80 bits per heavy atom. The van der Waals surface area contributed by atoms with E-state index in [-0.39, 0.29) is 12.3 Å². The molecule has 0 saturated carbocycles. The number of benzene rings is 2. The van der Waals surface area contributed by atoms with Gasteiger partial charge in [-0.15, -0.1) is 5.92 Å². The van der Waals surface area contributed by atoms with Crippen LogP contribution in [0.25, 0.3) is 0 Å². The highest BCUT2D eigenvalue weighted by atomic mass is 35.5. The summed E-state index contributed by atoms with van der Waals surface area (Å²) < 4.78 is 11.2. The zero-order chi connectivity index (χ0) is 18.1. The van der Waals surface area contributed by atoms with Gasteiger partial charge in [-0.1, -0.05) is 35.7 Å². The number of halogens is 1. The summed E-state index contributed by atoms with van der Waals surface area (Å²) in [6.45, 7) is 2.48. The standard InChI is InChI=1S/C20H19ClO4/c1-2-4-16(13-20(22)23)15-7-9-18(10-8-15)24-11-12-25-19-6-3-5-17(21)14-19/h3,5-10,14,16H,11-13H2,1H3,(H,22,23)/t16-/m0/s1. The molecule has 1 atom stereocenters. The summed E-state index contributed by atoms with van der Waals surface area (Å²) in [6, 6.07) is 14.5. The van der Waals surface area contributed by atoms with Crippen LogP contribution in [-0.4, -0.2) is 24.3 Å². The zero-order valence-corrected chi connectivity index (χ0v) is 14.6. The lowest BCUT2D eigenvalue weighted by Crippen LogP contribution is -2.09. The third kappa shape index (κ3) is 6.40. The van der Waals surface area contributed by atoms with Crippen LogP contribution in [0.5, 0.6) is 11.5 Å². The average molecular weight is 359 g/mol. The molecular formula is C20H19ClO4. The van der Waals surface area contributed by atoms with Gasteiger partial charge in [0.1, 0.15) is 24.7 Å². The SMILES string of the molecule is CC#C[C@@H](CC(=O)O)c1ccc(OCCOc2cccc(Cl)c2)cc1. The van der Waals surface area contributed by atoms with Gasteiger partial charge in [-0.05, 0) is 42.8 Å². The second kappa shape index (κ2) is 9.61. The van der Waals surface area contributed by atoms with E-state index in [4.69, 9.17) is 26.2 Å². The molecule has 0 saturated heterocycles. The van der Waals surface area contributed by atoms with Crippen LogP contribution in [0.2, 0.25) is 5.02 Å². The molecule has 2 rings (SSSR count). The number of carboxylic acid groups (broad SMARTS) is 1. The molecule has 0 aromatic heterocycles. The van der Waals surface area contributed by atoms with Crippen molar-refractivity contribution >= 4 is 17.6 Å². The van der Waals surface area contributed by atoms with Crippen LogP contribution >= 0.6 is 11.6 Å². The molecule has 4 nitrogen and oxygen atoms in total.